The second-order valence-electron chi connectivity index (χ2n) is 8.00. The van der Waals surface area contributed by atoms with Crippen molar-refractivity contribution in [3.63, 3.8) is 0 Å². The Balaban J connectivity index is 1.37. The van der Waals surface area contributed by atoms with Crippen LogP contribution in [0.25, 0.3) is 10.9 Å². The zero-order chi connectivity index (χ0) is 19.5. The number of fused-ring (bicyclic) bond motifs is 1. The van der Waals surface area contributed by atoms with Gasteiger partial charge in [-0.15, -0.1) is 0 Å². The Morgan fingerprint density at radius 1 is 1.07 bits per heavy atom. The van der Waals surface area contributed by atoms with E-state index in [1.54, 1.807) is 24.1 Å². The number of pyridine rings is 1. The molecule has 1 aromatic heterocycles. The molecule has 3 aromatic rings. The lowest BCUT2D eigenvalue weighted by molar-refractivity contribution is 0.284. The largest absolute Gasteiger partial charge is 0.257 e. The minimum Gasteiger partial charge on any atom is -0.257 e. The van der Waals surface area contributed by atoms with Crippen LogP contribution in [-0.2, 0) is 0 Å². The molecule has 1 unspecified atom stereocenters. The summed E-state index contributed by atoms with van der Waals surface area (Å²) in [7, 11) is 0. The monoisotopic (exact) mass is 394 g/mol. The number of nitrogens with zero attached hydrogens (tertiary/aromatic N) is 1. The highest BCUT2D eigenvalue weighted by Gasteiger charge is 2.27. The van der Waals surface area contributed by atoms with Crippen LogP contribution in [0.5, 0.6) is 0 Å². The van der Waals surface area contributed by atoms with Gasteiger partial charge in [-0.05, 0) is 111 Å². The summed E-state index contributed by atoms with van der Waals surface area (Å²) in [4.78, 5) is 5.67. The summed E-state index contributed by atoms with van der Waals surface area (Å²) >= 11 is 1.74. The van der Waals surface area contributed by atoms with Crippen molar-refractivity contribution in [3.8, 4) is 0 Å². The molecule has 1 saturated carbocycles. The van der Waals surface area contributed by atoms with Crippen molar-refractivity contribution in [2.45, 2.75) is 56.4 Å². The first kappa shape index (κ1) is 19.4. The molecule has 0 saturated heterocycles. The normalized spacial score (nSPS) is 21.0. The predicted molar refractivity (Wildman–Crippen MR) is 116 cm³/mol. The van der Waals surface area contributed by atoms with Crippen molar-refractivity contribution in [2.75, 3.05) is 0 Å². The van der Waals surface area contributed by atoms with E-state index < -0.39 is 0 Å². The van der Waals surface area contributed by atoms with E-state index in [4.69, 9.17) is 0 Å². The van der Waals surface area contributed by atoms with Crippen LogP contribution in [0.2, 0.25) is 0 Å². The summed E-state index contributed by atoms with van der Waals surface area (Å²) in [5, 5.41) is 0.979. The van der Waals surface area contributed by atoms with Gasteiger partial charge in [-0.1, -0.05) is 12.1 Å². The van der Waals surface area contributed by atoms with Gasteiger partial charge in [-0.25, -0.2) is 4.39 Å². The molecule has 1 atom stereocenters. The Kier molecular flexibility index (Phi) is 5.98. The van der Waals surface area contributed by atoms with Crippen LogP contribution < -0.4 is 4.72 Å². The first-order valence-electron chi connectivity index (χ1n) is 10.1. The Hall–Kier alpha value is -1.91. The van der Waals surface area contributed by atoms with E-state index in [0.29, 0.717) is 17.9 Å². The Morgan fingerprint density at radius 2 is 1.89 bits per heavy atom. The highest BCUT2D eigenvalue weighted by atomic mass is 32.2. The van der Waals surface area contributed by atoms with E-state index in [1.807, 2.05) is 6.20 Å². The lowest BCUT2D eigenvalue weighted by Crippen LogP contribution is -2.31. The third kappa shape index (κ3) is 4.39. The average molecular weight is 395 g/mol. The maximum atomic E-state index is 13.8. The highest BCUT2D eigenvalue weighted by Crippen LogP contribution is 2.39. The van der Waals surface area contributed by atoms with E-state index >= 15 is 0 Å². The molecule has 1 heterocycles. The molecule has 0 spiro atoms. The molecule has 1 N–H and O–H groups in total. The first-order chi connectivity index (χ1) is 13.6. The van der Waals surface area contributed by atoms with Crippen molar-refractivity contribution in [3.05, 3.63) is 71.7 Å². The van der Waals surface area contributed by atoms with Gasteiger partial charge in [-0.2, -0.15) is 0 Å². The number of hydrogen-bond donors (Lipinski definition) is 1. The quantitative estimate of drug-likeness (QED) is 0.491. The topological polar surface area (TPSA) is 24.9 Å². The second kappa shape index (κ2) is 8.62. The number of rotatable bonds is 5. The summed E-state index contributed by atoms with van der Waals surface area (Å²) < 4.78 is 17.4. The Labute approximate surface area is 171 Å². The fourth-order valence-electron chi connectivity index (χ4n) is 4.36. The second-order valence-corrected chi connectivity index (χ2v) is 8.91. The number of hydrogen-bond acceptors (Lipinski definition) is 3. The van der Waals surface area contributed by atoms with E-state index in [9.17, 15) is 4.39 Å². The molecule has 0 amide bonds. The standard InChI is InChI=1S/C24H27FN2S/c1-16-4-3-5-21(14-16)28-27-17(2)18-6-8-19(9-7-18)22-12-13-26-24-11-10-20(25)15-23(22)24/h3-5,10-15,17-19,27H,6-9H2,1-2H3. The average Bonchev–Trinajstić information content (AvgIpc) is 2.72. The molecule has 1 aliphatic carbocycles. The maximum absolute atomic E-state index is 13.8. The molecule has 4 rings (SSSR count). The fourth-order valence-corrected chi connectivity index (χ4v) is 5.27. The van der Waals surface area contributed by atoms with Gasteiger partial charge in [-0.3, -0.25) is 9.71 Å². The summed E-state index contributed by atoms with van der Waals surface area (Å²) in [5.41, 5.74) is 3.45. The molecule has 146 valence electrons. The molecule has 4 heteroatoms. The molecule has 28 heavy (non-hydrogen) atoms. The number of aryl methyl sites for hydroxylation is 1. The van der Waals surface area contributed by atoms with Crippen LogP contribution in [0.4, 0.5) is 4.39 Å². The molecule has 2 aromatic carbocycles. The summed E-state index contributed by atoms with van der Waals surface area (Å²) in [5.74, 6) is 1.00. The zero-order valence-electron chi connectivity index (χ0n) is 16.5. The zero-order valence-corrected chi connectivity index (χ0v) is 17.3. The van der Waals surface area contributed by atoms with E-state index in [-0.39, 0.29) is 5.82 Å². The van der Waals surface area contributed by atoms with Gasteiger partial charge in [0.05, 0.1) is 5.52 Å². The van der Waals surface area contributed by atoms with Crippen LogP contribution >= 0.6 is 11.9 Å². The van der Waals surface area contributed by atoms with Gasteiger partial charge in [0.15, 0.2) is 0 Å². The maximum Gasteiger partial charge on any atom is 0.123 e. The van der Waals surface area contributed by atoms with Gasteiger partial charge < -0.3 is 0 Å². The molecule has 0 bridgehead atoms. The van der Waals surface area contributed by atoms with Crippen LogP contribution in [0.1, 0.15) is 49.7 Å². The molecule has 0 aliphatic heterocycles. The van der Waals surface area contributed by atoms with Crippen molar-refractivity contribution in [2.24, 2.45) is 5.92 Å². The molecular weight excluding hydrogens is 367 g/mol. The van der Waals surface area contributed by atoms with Gasteiger partial charge in [0.25, 0.3) is 0 Å². The van der Waals surface area contributed by atoms with Crippen molar-refractivity contribution < 1.29 is 4.39 Å². The number of aromatic nitrogens is 1. The van der Waals surface area contributed by atoms with Crippen LogP contribution in [0.15, 0.2) is 59.6 Å². The van der Waals surface area contributed by atoms with Crippen LogP contribution in [0.3, 0.4) is 0 Å². The first-order valence-corrected chi connectivity index (χ1v) is 10.9. The van der Waals surface area contributed by atoms with Crippen LogP contribution in [0, 0.1) is 18.7 Å². The summed E-state index contributed by atoms with van der Waals surface area (Å²) in [6.45, 7) is 4.43. The van der Waals surface area contributed by atoms with Crippen molar-refractivity contribution in [1.82, 2.24) is 9.71 Å². The van der Waals surface area contributed by atoms with Crippen molar-refractivity contribution in [1.29, 1.82) is 0 Å². The van der Waals surface area contributed by atoms with E-state index in [2.05, 4.69) is 53.9 Å². The summed E-state index contributed by atoms with van der Waals surface area (Å²) in [6, 6.07) is 16.1. The van der Waals surface area contributed by atoms with Gasteiger partial charge in [0.2, 0.25) is 0 Å². The minimum atomic E-state index is -0.179. The SMILES string of the molecule is Cc1cccc(SNC(C)C2CCC(c3ccnc4ccc(F)cc34)CC2)c1. The van der Waals surface area contributed by atoms with E-state index in [0.717, 1.165) is 23.7 Å². The highest BCUT2D eigenvalue weighted by molar-refractivity contribution is 7.97. The Morgan fingerprint density at radius 3 is 2.68 bits per heavy atom. The fraction of sp³-hybridized carbons (Fsp3) is 0.375. The third-order valence-electron chi connectivity index (χ3n) is 6.01. The smallest absolute Gasteiger partial charge is 0.123 e. The number of nitrogens with one attached hydrogen (secondary N) is 1. The lowest BCUT2D eigenvalue weighted by atomic mass is 9.76. The number of benzene rings is 2. The Bertz CT molecular complexity index is 950. The van der Waals surface area contributed by atoms with Crippen LogP contribution in [-0.4, -0.2) is 11.0 Å². The molecule has 2 nitrogen and oxygen atoms in total. The van der Waals surface area contributed by atoms with Gasteiger partial charge >= 0.3 is 0 Å². The molecule has 0 radical (unpaired) electrons. The lowest BCUT2D eigenvalue weighted by Gasteiger charge is -2.33. The van der Waals surface area contributed by atoms with Gasteiger partial charge in [0.1, 0.15) is 5.82 Å². The minimum absolute atomic E-state index is 0.179. The molecule has 1 fully saturated rings. The predicted octanol–water partition coefficient (Wildman–Crippen LogP) is 6.64. The van der Waals surface area contributed by atoms with Crippen molar-refractivity contribution >= 4 is 22.9 Å². The summed E-state index contributed by atoms with van der Waals surface area (Å²) in [6.07, 6.45) is 6.58. The third-order valence-corrected chi connectivity index (χ3v) is 6.99. The van der Waals surface area contributed by atoms with E-state index in [1.165, 1.54) is 34.9 Å². The number of halogens is 1. The van der Waals surface area contributed by atoms with Gasteiger partial charge in [0, 0.05) is 22.5 Å². The molecular formula is C24H27FN2S. The molecule has 1 aliphatic rings.